The minimum absolute atomic E-state index is 0.00116. The van der Waals surface area contributed by atoms with Gasteiger partial charge in [0.25, 0.3) is 5.91 Å². The fraction of sp³-hybridized carbons (Fsp3) is 0.462. The number of aliphatic hydroxyl groups is 1. The average Bonchev–Trinajstić information content (AvgIpc) is 2.71. The molecule has 1 aliphatic rings. The average molecular weight is 269 g/mol. The van der Waals surface area contributed by atoms with Crippen molar-refractivity contribution in [1.29, 1.82) is 0 Å². The lowest BCUT2D eigenvalue weighted by atomic mass is 10.2. The summed E-state index contributed by atoms with van der Waals surface area (Å²) in [5.74, 6) is -0.0601. The van der Waals surface area contributed by atoms with Crippen molar-refractivity contribution in [3.8, 4) is 0 Å². The molecule has 2 rings (SSSR count). The van der Waals surface area contributed by atoms with Crippen LogP contribution in [0.4, 0.5) is 0 Å². The summed E-state index contributed by atoms with van der Waals surface area (Å²) >= 11 is 5.79. The van der Waals surface area contributed by atoms with Gasteiger partial charge >= 0.3 is 0 Å². The maximum atomic E-state index is 12.2. The second-order valence-electron chi connectivity index (χ2n) is 4.82. The first-order valence-corrected chi connectivity index (χ1v) is 6.26. The van der Waals surface area contributed by atoms with Crippen molar-refractivity contribution in [2.24, 2.45) is 0 Å². The van der Waals surface area contributed by atoms with Gasteiger partial charge in [-0.25, -0.2) is 0 Å². The molecule has 0 spiro atoms. The molecule has 1 heterocycles. The number of nitrogens with zero attached hydrogens (tertiary/aromatic N) is 2. The monoisotopic (exact) mass is 268 g/mol. The molecule has 1 aromatic carbocycles. The zero-order valence-corrected chi connectivity index (χ0v) is 11.3. The number of rotatable bonds is 2. The van der Waals surface area contributed by atoms with Gasteiger partial charge in [0.1, 0.15) is 0 Å². The van der Waals surface area contributed by atoms with Crippen molar-refractivity contribution in [2.75, 3.05) is 27.2 Å². The first-order valence-electron chi connectivity index (χ1n) is 5.88. The minimum Gasteiger partial charge on any atom is -0.390 e. The SMILES string of the molecule is CN(C)[C@@H]1CN(C(=O)c2ccc(Cl)cc2)C[C@H]1O. The number of β-amino-alcohol motifs (C(OH)–C–C–N with tert-alkyl or cyclic N) is 1. The van der Waals surface area contributed by atoms with Crippen LogP contribution in [0.25, 0.3) is 0 Å². The number of likely N-dealkylation sites (N-methyl/N-ethyl adjacent to an activating group) is 1. The highest BCUT2D eigenvalue weighted by Gasteiger charge is 2.35. The predicted molar refractivity (Wildman–Crippen MR) is 70.8 cm³/mol. The second kappa shape index (κ2) is 5.26. The Kier molecular flexibility index (Phi) is 3.90. The van der Waals surface area contributed by atoms with Gasteiger partial charge < -0.3 is 14.9 Å². The Morgan fingerprint density at radius 2 is 1.94 bits per heavy atom. The number of hydrogen-bond donors (Lipinski definition) is 1. The van der Waals surface area contributed by atoms with E-state index in [-0.39, 0.29) is 11.9 Å². The lowest BCUT2D eigenvalue weighted by Gasteiger charge is -2.21. The summed E-state index contributed by atoms with van der Waals surface area (Å²) in [6.07, 6.45) is -0.490. The standard InChI is InChI=1S/C13H17ClN2O2/c1-15(2)11-7-16(8-12(11)17)13(18)9-3-5-10(14)6-4-9/h3-6,11-12,17H,7-8H2,1-2H3/t11-,12-/m1/s1. The van der Waals surface area contributed by atoms with E-state index in [9.17, 15) is 9.90 Å². The number of aliphatic hydroxyl groups excluding tert-OH is 1. The molecule has 0 aliphatic carbocycles. The maximum Gasteiger partial charge on any atom is 0.253 e. The van der Waals surface area contributed by atoms with E-state index in [2.05, 4.69) is 0 Å². The minimum atomic E-state index is -0.490. The van der Waals surface area contributed by atoms with E-state index in [0.717, 1.165) is 0 Å². The van der Waals surface area contributed by atoms with Crippen LogP contribution in [0.2, 0.25) is 5.02 Å². The van der Waals surface area contributed by atoms with Crippen molar-refractivity contribution in [2.45, 2.75) is 12.1 Å². The highest BCUT2D eigenvalue weighted by Crippen LogP contribution is 2.18. The molecule has 1 amide bonds. The molecule has 1 fully saturated rings. The summed E-state index contributed by atoms with van der Waals surface area (Å²) < 4.78 is 0. The molecule has 5 heteroatoms. The van der Waals surface area contributed by atoms with Gasteiger partial charge in [0.2, 0.25) is 0 Å². The molecule has 0 saturated carbocycles. The van der Waals surface area contributed by atoms with Gasteiger partial charge in [0, 0.05) is 23.7 Å². The van der Waals surface area contributed by atoms with Gasteiger partial charge in [-0.2, -0.15) is 0 Å². The number of carbonyl (C=O) groups is 1. The molecule has 0 bridgehead atoms. The molecule has 18 heavy (non-hydrogen) atoms. The lowest BCUT2D eigenvalue weighted by molar-refractivity contribution is 0.0764. The van der Waals surface area contributed by atoms with Crippen LogP contribution in [0.15, 0.2) is 24.3 Å². The smallest absolute Gasteiger partial charge is 0.253 e. The van der Waals surface area contributed by atoms with Gasteiger partial charge in [-0.05, 0) is 38.4 Å². The topological polar surface area (TPSA) is 43.8 Å². The molecule has 0 unspecified atom stereocenters. The van der Waals surface area contributed by atoms with Crippen LogP contribution in [-0.2, 0) is 0 Å². The summed E-state index contributed by atoms with van der Waals surface area (Å²) in [6, 6.07) is 6.82. The number of amides is 1. The van der Waals surface area contributed by atoms with Gasteiger partial charge in [0.05, 0.1) is 12.1 Å². The number of carbonyl (C=O) groups excluding carboxylic acids is 1. The fourth-order valence-electron chi connectivity index (χ4n) is 2.22. The molecule has 1 saturated heterocycles. The number of benzene rings is 1. The Morgan fingerprint density at radius 3 is 2.44 bits per heavy atom. The third-order valence-electron chi connectivity index (χ3n) is 3.30. The zero-order chi connectivity index (χ0) is 13.3. The summed E-state index contributed by atoms with van der Waals surface area (Å²) in [5, 5.41) is 10.5. The Hall–Kier alpha value is -1.10. The molecule has 98 valence electrons. The molecule has 1 N–H and O–H groups in total. The summed E-state index contributed by atoms with van der Waals surface area (Å²) in [4.78, 5) is 15.8. The summed E-state index contributed by atoms with van der Waals surface area (Å²) in [7, 11) is 3.81. The molecule has 1 aliphatic heterocycles. The first kappa shape index (κ1) is 13.3. The third kappa shape index (κ3) is 2.66. The quantitative estimate of drug-likeness (QED) is 0.873. The van der Waals surface area contributed by atoms with Crippen LogP contribution in [-0.4, -0.2) is 60.1 Å². The lowest BCUT2D eigenvalue weighted by Crippen LogP contribution is -2.38. The van der Waals surface area contributed by atoms with E-state index in [1.54, 1.807) is 29.2 Å². The van der Waals surface area contributed by atoms with Crippen LogP contribution in [0.5, 0.6) is 0 Å². The maximum absolute atomic E-state index is 12.2. The van der Waals surface area contributed by atoms with E-state index in [0.29, 0.717) is 23.7 Å². The van der Waals surface area contributed by atoms with Crippen LogP contribution in [0, 0.1) is 0 Å². The third-order valence-corrected chi connectivity index (χ3v) is 3.55. The van der Waals surface area contributed by atoms with Gasteiger partial charge in [-0.15, -0.1) is 0 Å². The highest BCUT2D eigenvalue weighted by atomic mass is 35.5. The van der Waals surface area contributed by atoms with Crippen LogP contribution >= 0.6 is 11.6 Å². The second-order valence-corrected chi connectivity index (χ2v) is 5.25. The van der Waals surface area contributed by atoms with Crippen molar-refractivity contribution >= 4 is 17.5 Å². The Balaban J connectivity index is 2.09. The van der Waals surface area contributed by atoms with Crippen LogP contribution in [0.1, 0.15) is 10.4 Å². The largest absolute Gasteiger partial charge is 0.390 e. The number of halogens is 1. The van der Waals surface area contributed by atoms with Gasteiger partial charge in [0.15, 0.2) is 0 Å². The summed E-state index contributed by atoms with van der Waals surface area (Å²) in [5.41, 5.74) is 0.603. The molecular formula is C13H17ClN2O2. The van der Waals surface area contributed by atoms with Crippen molar-refractivity contribution < 1.29 is 9.90 Å². The Labute approximate surface area is 112 Å². The number of hydrogen-bond acceptors (Lipinski definition) is 3. The van der Waals surface area contributed by atoms with E-state index in [1.165, 1.54) is 0 Å². The summed E-state index contributed by atoms with van der Waals surface area (Å²) in [6.45, 7) is 0.930. The molecule has 0 radical (unpaired) electrons. The van der Waals surface area contributed by atoms with Crippen molar-refractivity contribution in [3.63, 3.8) is 0 Å². The molecular weight excluding hydrogens is 252 g/mol. The molecule has 2 atom stereocenters. The Bertz CT molecular complexity index is 433. The van der Waals surface area contributed by atoms with E-state index >= 15 is 0 Å². The Morgan fingerprint density at radius 1 is 1.33 bits per heavy atom. The fourth-order valence-corrected chi connectivity index (χ4v) is 2.34. The van der Waals surface area contributed by atoms with Gasteiger partial charge in [-0.3, -0.25) is 4.79 Å². The van der Waals surface area contributed by atoms with Gasteiger partial charge in [-0.1, -0.05) is 11.6 Å². The van der Waals surface area contributed by atoms with E-state index < -0.39 is 6.10 Å². The van der Waals surface area contributed by atoms with Crippen molar-refractivity contribution in [3.05, 3.63) is 34.9 Å². The van der Waals surface area contributed by atoms with Crippen molar-refractivity contribution in [1.82, 2.24) is 9.80 Å². The first-order chi connectivity index (χ1) is 8.49. The highest BCUT2D eigenvalue weighted by molar-refractivity contribution is 6.30. The molecule has 1 aromatic rings. The van der Waals surface area contributed by atoms with Crippen LogP contribution in [0.3, 0.4) is 0 Å². The van der Waals surface area contributed by atoms with E-state index in [4.69, 9.17) is 11.6 Å². The number of likely N-dealkylation sites (tertiary alicyclic amines) is 1. The molecule has 0 aromatic heterocycles. The van der Waals surface area contributed by atoms with Crippen LogP contribution < -0.4 is 0 Å². The molecule has 4 nitrogen and oxygen atoms in total. The zero-order valence-electron chi connectivity index (χ0n) is 10.5. The van der Waals surface area contributed by atoms with E-state index in [1.807, 2.05) is 19.0 Å². The normalized spacial score (nSPS) is 23.7. The predicted octanol–water partition coefficient (Wildman–Crippen LogP) is 1.09.